The maximum Gasteiger partial charge on any atom is 0.272 e. The predicted molar refractivity (Wildman–Crippen MR) is 85.6 cm³/mol. The van der Waals surface area contributed by atoms with Crippen LogP contribution in [0.1, 0.15) is 36.0 Å². The minimum atomic E-state index is -2.56. The SMILES string of the molecule is O=C(c1ccc(OCC(F)F)nc1)N1CCC(N2CCCC2=O)CC1. The third kappa shape index (κ3) is 4.24. The van der Waals surface area contributed by atoms with Crippen molar-refractivity contribution in [3.8, 4) is 5.88 Å². The minimum Gasteiger partial charge on any atom is -0.472 e. The Kier molecular flexibility index (Phi) is 5.45. The van der Waals surface area contributed by atoms with Crippen LogP contribution < -0.4 is 4.74 Å². The van der Waals surface area contributed by atoms with Gasteiger partial charge in [-0.2, -0.15) is 0 Å². The van der Waals surface area contributed by atoms with E-state index in [1.54, 1.807) is 4.90 Å². The summed E-state index contributed by atoms with van der Waals surface area (Å²) in [7, 11) is 0. The lowest BCUT2D eigenvalue weighted by Crippen LogP contribution is -2.47. The van der Waals surface area contributed by atoms with E-state index >= 15 is 0 Å². The second-order valence-electron chi connectivity index (χ2n) is 6.30. The van der Waals surface area contributed by atoms with Gasteiger partial charge in [-0.25, -0.2) is 13.8 Å². The van der Waals surface area contributed by atoms with Gasteiger partial charge in [-0.15, -0.1) is 0 Å². The summed E-state index contributed by atoms with van der Waals surface area (Å²) >= 11 is 0. The molecule has 2 saturated heterocycles. The zero-order valence-electron chi connectivity index (χ0n) is 13.9. The molecule has 3 rings (SSSR count). The average Bonchev–Trinajstić information content (AvgIpc) is 3.06. The first-order valence-corrected chi connectivity index (χ1v) is 8.50. The lowest BCUT2D eigenvalue weighted by molar-refractivity contribution is -0.130. The lowest BCUT2D eigenvalue weighted by Gasteiger charge is -2.36. The molecule has 6 nitrogen and oxygen atoms in total. The molecule has 0 atom stereocenters. The number of aromatic nitrogens is 1. The Bertz CT molecular complexity index is 616. The molecule has 2 aliphatic rings. The first-order valence-electron chi connectivity index (χ1n) is 8.50. The molecule has 8 heteroatoms. The quantitative estimate of drug-likeness (QED) is 0.812. The van der Waals surface area contributed by atoms with Crippen LogP contribution in [0.5, 0.6) is 5.88 Å². The summed E-state index contributed by atoms with van der Waals surface area (Å²) in [4.78, 5) is 31.9. The molecule has 0 N–H and O–H groups in total. The highest BCUT2D eigenvalue weighted by Crippen LogP contribution is 2.23. The average molecular weight is 353 g/mol. The molecule has 2 aliphatic heterocycles. The lowest BCUT2D eigenvalue weighted by atomic mass is 10.0. The minimum absolute atomic E-state index is 0.0723. The number of alkyl halides is 2. The number of carbonyl (C=O) groups excluding carboxylic acids is 2. The standard InChI is InChI=1S/C17H21F2N3O3/c18-14(19)11-25-15-4-3-12(10-20-15)17(24)21-8-5-13(6-9-21)22-7-1-2-16(22)23/h3-4,10,13-14H,1-2,5-9,11H2. The Morgan fingerprint density at radius 2 is 2.04 bits per heavy atom. The molecule has 0 unspecified atom stereocenters. The van der Waals surface area contributed by atoms with Crippen molar-refractivity contribution in [2.45, 2.75) is 38.2 Å². The van der Waals surface area contributed by atoms with Gasteiger partial charge < -0.3 is 14.5 Å². The highest BCUT2D eigenvalue weighted by molar-refractivity contribution is 5.94. The normalized spacial score (nSPS) is 18.9. The van der Waals surface area contributed by atoms with Crippen LogP contribution >= 0.6 is 0 Å². The van der Waals surface area contributed by atoms with Gasteiger partial charge in [0, 0.05) is 44.4 Å². The summed E-state index contributed by atoms with van der Waals surface area (Å²) < 4.78 is 29.0. The fourth-order valence-corrected chi connectivity index (χ4v) is 3.36. The molecule has 0 aromatic carbocycles. The molecular formula is C17H21F2N3O3. The number of piperidine rings is 1. The van der Waals surface area contributed by atoms with Crippen LogP contribution in [0.2, 0.25) is 0 Å². The van der Waals surface area contributed by atoms with E-state index in [0.717, 1.165) is 25.8 Å². The monoisotopic (exact) mass is 353 g/mol. The highest BCUT2D eigenvalue weighted by Gasteiger charge is 2.32. The van der Waals surface area contributed by atoms with E-state index in [-0.39, 0.29) is 23.7 Å². The fraction of sp³-hybridized carbons (Fsp3) is 0.588. The number of likely N-dealkylation sites (tertiary alicyclic amines) is 2. The second kappa shape index (κ2) is 7.76. The van der Waals surface area contributed by atoms with Gasteiger partial charge in [-0.1, -0.05) is 0 Å². The molecule has 0 spiro atoms. The maximum atomic E-state index is 12.5. The Hall–Kier alpha value is -2.25. The van der Waals surface area contributed by atoms with E-state index in [9.17, 15) is 18.4 Å². The number of halogens is 2. The number of nitrogens with zero attached hydrogens (tertiary/aromatic N) is 3. The van der Waals surface area contributed by atoms with Crippen LogP contribution in [0.3, 0.4) is 0 Å². The molecule has 1 aromatic rings. The first-order chi connectivity index (χ1) is 12.0. The second-order valence-corrected chi connectivity index (χ2v) is 6.30. The molecule has 2 amide bonds. The molecule has 1 aromatic heterocycles. The number of hydrogen-bond donors (Lipinski definition) is 0. The molecule has 25 heavy (non-hydrogen) atoms. The van der Waals surface area contributed by atoms with Crippen molar-refractivity contribution in [2.24, 2.45) is 0 Å². The van der Waals surface area contributed by atoms with Crippen molar-refractivity contribution in [3.63, 3.8) is 0 Å². The Balaban J connectivity index is 1.52. The molecule has 2 fully saturated rings. The number of carbonyl (C=O) groups is 2. The van der Waals surface area contributed by atoms with E-state index in [0.29, 0.717) is 25.1 Å². The number of ether oxygens (including phenoxy) is 1. The van der Waals surface area contributed by atoms with E-state index in [1.165, 1.54) is 18.3 Å². The van der Waals surface area contributed by atoms with Crippen LogP contribution in [0.25, 0.3) is 0 Å². The van der Waals surface area contributed by atoms with Crippen LogP contribution in [-0.4, -0.2) is 65.3 Å². The Morgan fingerprint density at radius 3 is 2.60 bits per heavy atom. The first kappa shape index (κ1) is 17.6. The molecule has 0 radical (unpaired) electrons. The Labute approximate surface area is 144 Å². The molecule has 0 bridgehead atoms. The van der Waals surface area contributed by atoms with Crippen LogP contribution in [0, 0.1) is 0 Å². The van der Waals surface area contributed by atoms with Crippen molar-refractivity contribution in [1.82, 2.24) is 14.8 Å². The van der Waals surface area contributed by atoms with Gasteiger partial charge >= 0.3 is 0 Å². The summed E-state index contributed by atoms with van der Waals surface area (Å²) in [6.07, 6.45) is 1.89. The summed E-state index contributed by atoms with van der Waals surface area (Å²) in [5.41, 5.74) is 0.403. The number of pyridine rings is 1. The molecule has 0 saturated carbocycles. The Morgan fingerprint density at radius 1 is 1.28 bits per heavy atom. The van der Waals surface area contributed by atoms with Gasteiger partial charge in [0.25, 0.3) is 12.3 Å². The van der Waals surface area contributed by atoms with Crippen molar-refractivity contribution in [2.75, 3.05) is 26.2 Å². The van der Waals surface area contributed by atoms with E-state index in [4.69, 9.17) is 4.74 Å². The third-order valence-corrected chi connectivity index (χ3v) is 4.64. The van der Waals surface area contributed by atoms with Crippen LogP contribution in [-0.2, 0) is 4.79 Å². The van der Waals surface area contributed by atoms with Gasteiger partial charge in [0.15, 0.2) is 6.61 Å². The largest absolute Gasteiger partial charge is 0.472 e. The van der Waals surface area contributed by atoms with Gasteiger partial charge in [0.05, 0.1) is 5.56 Å². The molecule has 136 valence electrons. The van der Waals surface area contributed by atoms with Crippen molar-refractivity contribution >= 4 is 11.8 Å². The molecular weight excluding hydrogens is 332 g/mol. The number of hydrogen-bond acceptors (Lipinski definition) is 4. The smallest absolute Gasteiger partial charge is 0.272 e. The predicted octanol–water partition coefficient (Wildman–Crippen LogP) is 1.95. The van der Waals surface area contributed by atoms with Crippen LogP contribution in [0.15, 0.2) is 18.3 Å². The van der Waals surface area contributed by atoms with Gasteiger partial charge in [0.1, 0.15) is 0 Å². The van der Waals surface area contributed by atoms with Crippen molar-refractivity contribution < 1.29 is 23.1 Å². The number of rotatable bonds is 5. The number of amides is 2. The van der Waals surface area contributed by atoms with Gasteiger partial charge in [-0.3, -0.25) is 9.59 Å². The van der Waals surface area contributed by atoms with Gasteiger partial charge in [-0.05, 0) is 25.3 Å². The summed E-state index contributed by atoms with van der Waals surface area (Å²) in [6, 6.07) is 3.18. The zero-order chi connectivity index (χ0) is 17.8. The van der Waals surface area contributed by atoms with Gasteiger partial charge in [0.2, 0.25) is 11.8 Å². The fourth-order valence-electron chi connectivity index (χ4n) is 3.36. The van der Waals surface area contributed by atoms with E-state index in [2.05, 4.69) is 4.98 Å². The summed E-state index contributed by atoms with van der Waals surface area (Å²) in [5.74, 6) is 0.149. The van der Waals surface area contributed by atoms with Crippen molar-refractivity contribution in [1.29, 1.82) is 0 Å². The highest BCUT2D eigenvalue weighted by atomic mass is 19.3. The van der Waals surface area contributed by atoms with E-state index in [1.807, 2.05) is 4.90 Å². The third-order valence-electron chi connectivity index (χ3n) is 4.64. The van der Waals surface area contributed by atoms with Crippen molar-refractivity contribution in [3.05, 3.63) is 23.9 Å². The van der Waals surface area contributed by atoms with E-state index < -0.39 is 13.0 Å². The summed E-state index contributed by atoms with van der Waals surface area (Å²) in [6.45, 7) is 1.29. The summed E-state index contributed by atoms with van der Waals surface area (Å²) in [5, 5.41) is 0. The maximum absolute atomic E-state index is 12.5. The topological polar surface area (TPSA) is 62.7 Å². The zero-order valence-corrected chi connectivity index (χ0v) is 13.9. The van der Waals surface area contributed by atoms with Crippen LogP contribution in [0.4, 0.5) is 8.78 Å². The molecule has 3 heterocycles. The molecule has 0 aliphatic carbocycles.